The van der Waals surface area contributed by atoms with Gasteiger partial charge in [0.15, 0.2) is 0 Å². The molecule has 1 amide bonds. The maximum Gasteiger partial charge on any atom is 0.267 e. The highest BCUT2D eigenvalue weighted by Crippen LogP contribution is 2.19. The van der Waals surface area contributed by atoms with Gasteiger partial charge >= 0.3 is 0 Å². The standard InChI is InChI=1S/C17H17ClN2O/c1-2-3-4-5-6-7-10-19-17(21)16-12-13-11-14(18)8-9-15(13)20-16/h2-6,8-9,11-12,20H,1,7,10H2,(H,19,21)/b4-3-,6-5-. The van der Waals surface area contributed by atoms with E-state index in [1.165, 1.54) is 0 Å². The molecular weight excluding hydrogens is 284 g/mol. The van der Waals surface area contributed by atoms with E-state index in [0.717, 1.165) is 17.3 Å². The highest BCUT2D eigenvalue weighted by molar-refractivity contribution is 6.31. The molecule has 4 heteroatoms. The highest BCUT2D eigenvalue weighted by Gasteiger charge is 2.08. The quantitative estimate of drug-likeness (QED) is 0.608. The van der Waals surface area contributed by atoms with Crippen molar-refractivity contribution >= 4 is 28.4 Å². The molecule has 0 aliphatic rings. The molecule has 21 heavy (non-hydrogen) atoms. The normalized spacial score (nSPS) is 11.5. The number of amides is 1. The number of hydrogen-bond acceptors (Lipinski definition) is 1. The number of rotatable bonds is 6. The molecule has 0 unspecified atom stereocenters. The Labute approximate surface area is 129 Å². The van der Waals surface area contributed by atoms with Crippen LogP contribution in [0.5, 0.6) is 0 Å². The number of carbonyl (C=O) groups excluding carboxylic acids is 1. The van der Waals surface area contributed by atoms with E-state index in [1.54, 1.807) is 18.2 Å². The van der Waals surface area contributed by atoms with Crippen LogP contribution in [0.1, 0.15) is 16.9 Å². The molecule has 0 spiro atoms. The minimum absolute atomic E-state index is 0.114. The first-order chi connectivity index (χ1) is 10.2. The summed E-state index contributed by atoms with van der Waals surface area (Å²) in [7, 11) is 0. The number of halogens is 1. The van der Waals surface area contributed by atoms with Crippen LogP contribution in [-0.2, 0) is 0 Å². The summed E-state index contributed by atoms with van der Waals surface area (Å²) in [5.74, 6) is -0.114. The summed E-state index contributed by atoms with van der Waals surface area (Å²) in [6, 6.07) is 7.30. The Morgan fingerprint density at radius 1 is 1.29 bits per heavy atom. The van der Waals surface area contributed by atoms with Crippen molar-refractivity contribution in [2.45, 2.75) is 6.42 Å². The lowest BCUT2D eigenvalue weighted by molar-refractivity contribution is 0.0950. The van der Waals surface area contributed by atoms with Crippen molar-refractivity contribution in [3.05, 3.63) is 71.9 Å². The number of hydrogen-bond donors (Lipinski definition) is 2. The molecule has 0 bridgehead atoms. The first kappa shape index (κ1) is 15.1. The van der Waals surface area contributed by atoms with Gasteiger partial charge in [0.2, 0.25) is 0 Å². The molecule has 108 valence electrons. The molecule has 0 aliphatic carbocycles. The molecular formula is C17H17ClN2O. The van der Waals surface area contributed by atoms with E-state index in [4.69, 9.17) is 11.6 Å². The van der Waals surface area contributed by atoms with Crippen LogP contribution in [0.4, 0.5) is 0 Å². The van der Waals surface area contributed by atoms with Crippen LogP contribution < -0.4 is 5.32 Å². The Hall–Kier alpha value is -2.26. The molecule has 0 saturated carbocycles. The zero-order chi connectivity index (χ0) is 15.1. The monoisotopic (exact) mass is 300 g/mol. The second-order valence-electron chi connectivity index (χ2n) is 4.51. The van der Waals surface area contributed by atoms with Gasteiger partial charge in [-0.2, -0.15) is 0 Å². The van der Waals surface area contributed by atoms with E-state index in [9.17, 15) is 4.79 Å². The van der Waals surface area contributed by atoms with E-state index in [1.807, 2.05) is 36.4 Å². The Morgan fingerprint density at radius 3 is 2.95 bits per heavy atom. The van der Waals surface area contributed by atoms with Crippen LogP contribution in [0.3, 0.4) is 0 Å². The average molecular weight is 301 g/mol. The predicted molar refractivity (Wildman–Crippen MR) is 88.7 cm³/mol. The third-order valence-corrected chi connectivity index (χ3v) is 3.15. The molecule has 1 aromatic heterocycles. The van der Waals surface area contributed by atoms with Crippen LogP contribution in [0.2, 0.25) is 5.02 Å². The minimum atomic E-state index is -0.114. The molecule has 0 atom stereocenters. The molecule has 0 fully saturated rings. The fourth-order valence-corrected chi connectivity index (χ4v) is 2.09. The predicted octanol–water partition coefficient (Wildman–Crippen LogP) is 4.24. The van der Waals surface area contributed by atoms with Crippen LogP contribution in [0, 0.1) is 0 Å². The van der Waals surface area contributed by atoms with E-state index in [-0.39, 0.29) is 5.91 Å². The van der Waals surface area contributed by atoms with Gasteiger partial charge in [-0.1, -0.05) is 48.6 Å². The van der Waals surface area contributed by atoms with E-state index in [2.05, 4.69) is 16.9 Å². The number of benzene rings is 1. The number of aromatic amines is 1. The Bertz CT molecular complexity index is 698. The van der Waals surface area contributed by atoms with Gasteiger partial charge in [-0.05, 0) is 30.7 Å². The molecule has 2 rings (SSSR count). The third kappa shape index (κ3) is 4.36. The third-order valence-electron chi connectivity index (χ3n) is 2.92. The summed E-state index contributed by atoms with van der Waals surface area (Å²) in [6.07, 6.45) is 10.2. The van der Waals surface area contributed by atoms with Crippen LogP contribution >= 0.6 is 11.6 Å². The lowest BCUT2D eigenvalue weighted by Crippen LogP contribution is -2.24. The van der Waals surface area contributed by atoms with Crippen molar-refractivity contribution in [1.29, 1.82) is 0 Å². The number of carbonyl (C=O) groups is 1. The molecule has 1 aromatic carbocycles. The molecule has 0 saturated heterocycles. The minimum Gasteiger partial charge on any atom is -0.351 e. The Balaban J connectivity index is 1.89. The molecule has 3 nitrogen and oxygen atoms in total. The van der Waals surface area contributed by atoms with Crippen molar-refractivity contribution in [3.63, 3.8) is 0 Å². The second-order valence-corrected chi connectivity index (χ2v) is 4.94. The van der Waals surface area contributed by atoms with Crippen LogP contribution in [-0.4, -0.2) is 17.4 Å². The van der Waals surface area contributed by atoms with Gasteiger partial charge in [-0.3, -0.25) is 4.79 Å². The zero-order valence-electron chi connectivity index (χ0n) is 11.6. The highest BCUT2D eigenvalue weighted by atomic mass is 35.5. The van der Waals surface area contributed by atoms with E-state index in [0.29, 0.717) is 17.3 Å². The molecule has 0 aliphatic heterocycles. The van der Waals surface area contributed by atoms with Crippen molar-refractivity contribution < 1.29 is 4.79 Å². The lowest BCUT2D eigenvalue weighted by Gasteiger charge is -2.00. The van der Waals surface area contributed by atoms with Crippen molar-refractivity contribution in [2.24, 2.45) is 0 Å². The number of nitrogens with one attached hydrogen (secondary N) is 2. The Morgan fingerprint density at radius 2 is 2.14 bits per heavy atom. The summed E-state index contributed by atoms with van der Waals surface area (Å²) in [4.78, 5) is 15.1. The van der Waals surface area contributed by atoms with Crippen molar-refractivity contribution in [3.8, 4) is 0 Å². The summed E-state index contributed by atoms with van der Waals surface area (Å²) >= 11 is 5.93. The second kappa shape index (κ2) is 7.50. The average Bonchev–Trinajstić information content (AvgIpc) is 2.89. The summed E-state index contributed by atoms with van der Waals surface area (Å²) in [5.41, 5.74) is 1.45. The van der Waals surface area contributed by atoms with E-state index < -0.39 is 0 Å². The van der Waals surface area contributed by atoms with Crippen molar-refractivity contribution in [1.82, 2.24) is 10.3 Å². The summed E-state index contributed by atoms with van der Waals surface area (Å²) in [6.45, 7) is 4.18. The summed E-state index contributed by atoms with van der Waals surface area (Å²) in [5, 5.41) is 4.46. The van der Waals surface area contributed by atoms with Crippen LogP contribution in [0.15, 0.2) is 61.2 Å². The number of H-pyrrole nitrogens is 1. The zero-order valence-corrected chi connectivity index (χ0v) is 12.4. The largest absolute Gasteiger partial charge is 0.351 e. The first-order valence-electron chi connectivity index (χ1n) is 6.71. The van der Waals surface area contributed by atoms with Gasteiger partial charge in [0.1, 0.15) is 5.69 Å². The lowest BCUT2D eigenvalue weighted by atomic mass is 10.2. The number of fused-ring (bicyclic) bond motifs is 1. The van der Waals surface area contributed by atoms with Crippen LogP contribution in [0.25, 0.3) is 10.9 Å². The molecule has 1 heterocycles. The molecule has 2 N–H and O–H groups in total. The van der Waals surface area contributed by atoms with E-state index >= 15 is 0 Å². The number of aromatic nitrogens is 1. The molecule has 0 radical (unpaired) electrons. The van der Waals surface area contributed by atoms with Gasteiger partial charge < -0.3 is 10.3 Å². The maximum absolute atomic E-state index is 12.0. The van der Waals surface area contributed by atoms with Gasteiger partial charge in [-0.25, -0.2) is 0 Å². The fourth-order valence-electron chi connectivity index (χ4n) is 1.91. The fraction of sp³-hybridized carbons (Fsp3) is 0.118. The topological polar surface area (TPSA) is 44.9 Å². The smallest absolute Gasteiger partial charge is 0.267 e. The van der Waals surface area contributed by atoms with Crippen molar-refractivity contribution in [2.75, 3.05) is 6.54 Å². The molecule has 2 aromatic rings. The summed E-state index contributed by atoms with van der Waals surface area (Å²) < 4.78 is 0. The van der Waals surface area contributed by atoms with Gasteiger partial charge in [-0.15, -0.1) is 0 Å². The number of allylic oxidation sites excluding steroid dienone is 4. The van der Waals surface area contributed by atoms with Gasteiger partial charge in [0.25, 0.3) is 5.91 Å². The Kier molecular flexibility index (Phi) is 5.41. The van der Waals surface area contributed by atoms with Gasteiger partial charge in [0.05, 0.1) is 0 Å². The SMILES string of the molecule is C=C/C=C\C=C/CCNC(=O)c1cc2cc(Cl)ccc2[nH]1. The maximum atomic E-state index is 12.0. The van der Waals surface area contributed by atoms with Gasteiger partial charge in [0, 0.05) is 22.5 Å². The first-order valence-corrected chi connectivity index (χ1v) is 7.09.